The maximum Gasteiger partial charge on any atom is 0.221 e. The number of hydrogen-bond acceptors (Lipinski definition) is 3. The summed E-state index contributed by atoms with van der Waals surface area (Å²) in [5.74, 6) is 0.959. The topological polar surface area (TPSA) is 46.9 Å². The molecule has 1 aromatic carbocycles. The molecule has 0 radical (unpaired) electrons. The lowest BCUT2D eigenvalue weighted by Crippen LogP contribution is -2.23. The first-order chi connectivity index (χ1) is 10.6. The Labute approximate surface area is 136 Å². The van der Waals surface area contributed by atoms with Crippen molar-refractivity contribution in [1.29, 1.82) is 0 Å². The van der Waals surface area contributed by atoms with Gasteiger partial charge in [0.05, 0.1) is 12.2 Å². The van der Waals surface area contributed by atoms with Crippen molar-refractivity contribution in [3.8, 4) is 0 Å². The summed E-state index contributed by atoms with van der Waals surface area (Å²) < 4.78 is 2.01. The van der Waals surface area contributed by atoms with E-state index in [0.29, 0.717) is 13.0 Å². The van der Waals surface area contributed by atoms with Crippen LogP contribution in [-0.4, -0.2) is 27.7 Å². The number of nitrogens with zero attached hydrogens (tertiary/aromatic N) is 2. The second-order valence-corrected chi connectivity index (χ2v) is 6.30. The minimum atomic E-state index is 0.101. The van der Waals surface area contributed by atoms with Crippen molar-refractivity contribution >= 4 is 17.7 Å². The van der Waals surface area contributed by atoms with Gasteiger partial charge in [0.1, 0.15) is 0 Å². The van der Waals surface area contributed by atoms with E-state index in [1.54, 1.807) is 11.8 Å². The molecule has 0 bridgehead atoms. The molecule has 1 heterocycles. The number of carbonyl (C=O) groups is 1. The Morgan fingerprint density at radius 1 is 1.27 bits per heavy atom. The first-order valence-corrected chi connectivity index (χ1v) is 8.83. The fraction of sp³-hybridized carbons (Fsp3) is 0.412. The highest BCUT2D eigenvalue weighted by Crippen LogP contribution is 2.14. The molecule has 0 unspecified atom stereocenters. The maximum absolute atomic E-state index is 11.7. The van der Waals surface area contributed by atoms with Gasteiger partial charge in [0.15, 0.2) is 0 Å². The summed E-state index contributed by atoms with van der Waals surface area (Å²) in [6.07, 6.45) is 2.58. The molecule has 2 rings (SSSR count). The van der Waals surface area contributed by atoms with Gasteiger partial charge < -0.3 is 5.32 Å². The summed E-state index contributed by atoms with van der Waals surface area (Å²) in [4.78, 5) is 11.7. The summed E-state index contributed by atoms with van der Waals surface area (Å²) in [6.45, 7) is 5.37. The van der Waals surface area contributed by atoms with Gasteiger partial charge in [-0.3, -0.25) is 9.48 Å². The summed E-state index contributed by atoms with van der Waals surface area (Å²) in [6, 6.07) is 10.3. The molecule has 22 heavy (non-hydrogen) atoms. The fourth-order valence-corrected chi connectivity index (χ4v) is 2.76. The average molecular weight is 317 g/mol. The third kappa shape index (κ3) is 4.37. The van der Waals surface area contributed by atoms with Crippen LogP contribution in [0, 0.1) is 13.8 Å². The Kier molecular flexibility index (Phi) is 6.07. The fourth-order valence-electron chi connectivity index (χ4n) is 2.37. The van der Waals surface area contributed by atoms with Crippen LogP contribution in [0.5, 0.6) is 0 Å². The third-order valence-electron chi connectivity index (χ3n) is 3.70. The van der Waals surface area contributed by atoms with Gasteiger partial charge in [0, 0.05) is 30.0 Å². The molecule has 0 aliphatic rings. The zero-order valence-electron chi connectivity index (χ0n) is 13.4. The largest absolute Gasteiger partial charge is 0.352 e. The molecule has 2 aromatic rings. The molecule has 1 aromatic heterocycles. The summed E-state index contributed by atoms with van der Waals surface area (Å²) in [5.41, 5.74) is 4.45. The van der Waals surface area contributed by atoms with E-state index in [-0.39, 0.29) is 5.91 Å². The number of aryl methyl sites for hydroxylation is 1. The number of rotatable bonds is 7. The average Bonchev–Trinajstić information content (AvgIpc) is 2.78. The van der Waals surface area contributed by atoms with Crippen molar-refractivity contribution in [1.82, 2.24) is 15.1 Å². The smallest absolute Gasteiger partial charge is 0.221 e. The van der Waals surface area contributed by atoms with Gasteiger partial charge in [-0.25, -0.2) is 0 Å². The van der Waals surface area contributed by atoms with E-state index in [0.717, 1.165) is 29.2 Å². The van der Waals surface area contributed by atoms with Crippen molar-refractivity contribution in [3.63, 3.8) is 0 Å². The third-order valence-corrected chi connectivity index (χ3v) is 4.31. The van der Waals surface area contributed by atoms with Crippen LogP contribution in [0.1, 0.15) is 28.9 Å². The molecule has 1 N–H and O–H groups in total. The van der Waals surface area contributed by atoms with Crippen molar-refractivity contribution in [2.45, 2.75) is 33.4 Å². The van der Waals surface area contributed by atoms with Crippen LogP contribution in [0.3, 0.4) is 0 Å². The number of aromatic nitrogens is 2. The molecule has 0 atom stereocenters. The normalized spacial score (nSPS) is 10.7. The summed E-state index contributed by atoms with van der Waals surface area (Å²) >= 11 is 1.69. The van der Waals surface area contributed by atoms with Crippen LogP contribution in [0.25, 0.3) is 0 Å². The van der Waals surface area contributed by atoms with Crippen molar-refractivity contribution < 1.29 is 4.79 Å². The van der Waals surface area contributed by atoms with Crippen LogP contribution in [0.4, 0.5) is 0 Å². The first kappa shape index (κ1) is 16.6. The van der Waals surface area contributed by atoms with E-state index in [1.165, 1.54) is 5.56 Å². The van der Waals surface area contributed by atoms with Crippen LogP contribution >= 0.6 is 11.8 Å². The van der Waals surface area contributed by atoms with Gasteiger partial charge in [-0.2, -0.15) is 16.9 Å². The van der Waals surface area contributed by atoms with Gasteiger partial charge in [0.2, 0.25) is 5.91 Å². The molecular weight excluding hydrogens is 294 g/mol. The van der Waals surface area contributed by atoms with E-state index in [4.69, 9.17) is 0 Å². The zero-order valence-corrected chi connectivity index (χ0v) is 14.2. The minimum Gasteiger partial charge on any atom is -0.352 e. The highest BCUT2D eigenvalue weighted by molar-refractivity contribution is 7.98. The lowest BCUT2D eigenvalue weighted by molar-refractivity contribution is -0.120. The van der Waals surface area contributed by atoms with Gasteiger partial charge in [0.25, 0.3) is 0 Å². The highest BCUT2D eigenvalue weighted by atomic mass is 32.2. The van der Waals surface area contributed by atoms with Gasteiger partial charge in [-0.05, 0) is 25.7 Å². The molecule has 5 heteroatoms. The Hall–Kier alpha value is -1.75. The standard InChI is InChI=1S/C17H23N3OS/c1-13-16(11-18-17(21)9-10-22-3)14(2)20(19-13)12-15-7-5-4-6-8-15/h4-8H,9-12H2,1-3H3,(H,18,21). The molecule has 0 saturated heterocycles. The molecule has 0 fully saturated rings. The van der Waals surface area contributed by atoms with Gasteiger partial charge in [-0.1, -0.05) is 30.3 Å². The quantitative estimate of drug-likeness (QED) is 0.854. The number of nitrogens with one attached hydrogen (secondary N) is 1. The monoisotopic (exact) mass is 317 g/mol. The molecule has 0 saturated carbocycles. The van der Waals surface area contributed by atoms with E-state index < -0.39 is 0 Å². The number of benzene rings is 1. The summed E-state index contributed by atoms with van der Waals surface area (Å²) in [5, 5.41) is 7.59. The van der Waals surface area contributed by atoms with Gasteiger partial charge in [-0.15, -0.1) is 0 Å². The van der Waals surface area contributed by atoms with Crippen molar-refractivity contribution in [2.24, 2.45) is 0 Å². The second kappa shape index (κ2) is 8.03. The Morgan fingerprint density at radius 2 is 2.00 bits per heavy atom. The number of carbonyl (C=O) groups excluding carboxylic acids is 1. The van der Waals surface area contributed by atoms with Crippen LogP contribution in [-0.2, 0) is 17.9 Å². The number of hydrogen-bond donors (Lipinski definition) is 1. The molecular formula is C17H23N3OS. The Balaban J connectivity index is 2.02. The van der Waals surface area contributed by atoms with Crippen molar-refractivity contribution in [3.05, 3.63) is 52.8 Å². The molecule has 0 aliphatic heterocycles. The van der Waals surface area contributed by atoms with E-state index >= 15 is 0 Å². The Morgan fingerprint density at radius 3 is 2.68 bits per heavy atom. The Bertz CT molecular complexity index is 622. The zero-order chi connectivity index (χ0) is 15.9. The molecule has 0 aliphatic carbocycles. The second-order valence-electron chi connectivity index (χ2n) is 5.31. The highest BCUT2D eigenvalue weighted by Gasteiger charge is 2.12. The predicted molar refractivity (Wildman–Crippen MR) is 92.1 cm³/mol. The lowest BCUT2D eigenvalue weighted by atomic mass is 10.2. The number of amides is 1. The van der Waals surface area contributed by atoms with Crippen molar-refractivity contribution in [2.75, 3.05) is 12.0 Å². The van der Waals surface area contributed by atoms with E-state index in [1.807, 2.05) is 36.1 Å². The predicted octanol–water partition coefficient (Wildman–Crippen LogP) is 2.92. The first-order valence-electron chi connectivity index (χ1n) is 7.44. The molecule has 1 amide bonds. The SMILES string of the molecule is CSCCC(=O)NCc1c(C)nn(Cc2ccccc2)c1C. The van der Waals surface area contributed by atoms with E-state index in [9.17, 15) is 4.79 Å². The molecule has 0 spiro atoms. The lowest BCUT2D eigenvalue weighted by Gasteiger charge is -2.07. The molecule has 118 valence electrons. The minimum absolute atomic E-state index is 0.101. The summed E-state index contributed by atoms with van der Waals surface area (Å²) in [7, 11) is 0. The van der Waals surface area contributed by atoms with Crippen LogP contribution in [0.2, 0.25) is 0 Å². The number of thioether (sulfide) groups is 1. The van der Waals surface area contributed by atoms with E-state index in [2.05, 4.69) is 29.5 Å². The van der Waals surface area contributed by atoms with Crippen LogP contribution < -0.4 is 5.32 Å². The van der Waals surface area contributed by atoms with Gasteiger partial charge >= 0.3 is 0 Å². The maximum atomic E-state index is 11.7. The molecule has 4 nitrogen and oxygen atoms in total. The van der Waals surface area contributed by atoms with Crippen LogP contribution in [0.15, 0.2) is 30.3 Å².